The largest absolute Gasteiger partial charge is 0.461 e. The van der Waals surface area contributed by atoms with Gasteiger partial charge in [-0.05, 0) is 50.3 Å². The lowest BCUT2D eigenvalue weighted by molar-refractivity contribution is -0.127. The molecule has 6 nitrogen and oxygen atoms in total. The normalized spacial score (nSPS) is 24.5. The molecule has 26 heavy (non-hydrogen) atoms. The summed E-state index contributed by atoms with van der Waals surface area (Å²) in [6, 6.07) is 3.87. The molecule has 2 fully saturated rings. The Morgan fingerprint density at radius 1 is 1.35 bits per heavy atom. The zero-order valence-electron chi connectivity index (χ0n) is 15.7. The van der Waals surface area contributed by atoms with Gasteiger partial charge in [0.15, 0.2) is 0 Å². The van der Waals surface area contributed by atoms with Crippen molar-refractivity contribution in [3.05, 3.63) is 29.7 Å². The summed E-state index contributed by atoms with van der Waals surface area (Å²) in [4.78, 5) is 14.1. The van der Waals surface area contributed by atoms with Gasteiger partial charge in [0.2, 0.25) is 15.9 Å². The summed E-state index contributed by atoms with van der Waals surface area (Å²) in [5, 5.41) is 0. The molecule has 0 bridgehead atoms. The zero-order chi connectivity index (χ0) is 18.9. The minimum atomic E-state index is -3.18. The first kappa shape index (κ1) is 19.2. The number of furan rings is 1. The summed E-state index contributed by atoms with van der Waals surface area (Å²) in [6.45, 7) is 5.00. The van der Waals surface area contributed by atoms with Crippen LogP contribution in [-0.2, 0) is 14.8 Å². The van der Waals surface area contributed by atoms with Crippen molar-refractivity contribution in [2.75, 3.05) is 25.9 Å². The van der Waals surface area contributed by atoms with Crippen LogP contribution in [0.5, 0.6) is 0 Å². The summed E-state index contributed by atoms with van der Waals surface area (Å²) in [7, 11) is -1.55. The molecule has 1 aliphatic carbocycles. The van der Waals surface area contributed by atoms with Gasteiger partial charge >= 0.3 is 0 Å². The third kappa shape index (κ3) is 4.20. The van der Waals surface area contributed by atoms with Crippen LogP contribution in [0, 0.1) is 5.92 Å². The van der Waals surface area contributed by atoms with Crippen molar-refractivity contribution in [2.24, 2.45) is 5.92 Å². The fourth-order valence-corrected chi connectivity index (χ4v) is 4.59. The second kappa shape index (κ2) is 7.56. The third-order valence-electron chi connectivity index (χ3n) is 5.61. The molecule has 1 saturated carbocycles. The Hall–Kier alpha value is -1.60. The van der Waals surface area contributed by atoms with Crippen molar-refractivity contribution in [1.29, 1.82) is 0 Å². The van der Waals surface area contributed by atoms with Gasteiger partial charge in [-0.2, -0.15) is 0 Å². The van der Waals surface area contributed by atoms with Crippen molar-refractivity contribution in [1.82, 2.24) is 9.21 Å². The van der Waals surface area contributed by atoms with Crippen LogP contribution < -0.4 is 0 Å². The molecule has 0 aromatic carbocycles. The van der Waals surface area contributed by atoms with Crippen LogP contribution in [0.25, 0.3) is 6.08 Å². The number of nitrogens with zero attached hydrogens (tertiary/aromatic N) is 2. The van der Waals surface area contributed by atoms with Crippen molar-refractivity contribution in [3.8, 4) is 0 Å². The highest BCUT2D eigenvalue weighted by atomic mass is 32.2. The highest BCUT2D eigenvalue weighted by Gasteiger charge is 2.36. The summed E-state index contributed by atoms with van der Waals surface area (Å²) < 4.78 is 31.2. The lowest BCUT2D eigenvalue weighted by atomic mass is 10.1. The second-order valence-corrected chi connectivity index (χ2v) is 9.68. The summed E-state index contributed by atoms with van der Waals surface area (Å²) in [5.41, 5.74) is 0. The smallest absolute Gasteiger partial charge is 0.246 e. The molecule has 1 amide bonds. The Balaban J connectivity index is 1.51. The third-order valence-corrected chi connectivity index (χ3v) is 7.51. The lowest BCUT2D eigenvalue weighted by Gasteiger charge is -2.35. The molecule has 0 spiro atoms. The maximum atomic E-state index is 12.4. The molecule has 144 valence electrons. The molecule has 1 saturated heterocycles. The van der Waals surface area contributed by atoms with Crippen LogP contribution in [0.1, 0.15) is 50.5 Å². The molecule has 2 heterocycles. The summed E-state index contributed by atoms with van der Waals surface area (Å²) in [5.74, 6) is 2.98. The van der Waals surface area contributed by atoms with Crippen molar-refractivity contribution in [3.63, 3.8) is 0 Å². The maximum absolute atomic E-state index is 12.4. The van der Waals surface area contributed by atoms with E-state index < -0.39 is 10.0 Å². The molecule has 0 N–H and O–H groups in total. The first-order valence-electron chi connectivity index (χ1n) is 9.34. The quantitative estimate of drug-likeness (QED) is 0.712. The average molecular weight is 381 g/mol. The van der Waals surface area contributed by atoms with Crippen LogP contribution in [0.3, 0.4) is 0 Å². The van der Waals surface area contributed by atoms with Crippen LogP contribution in [0.15, 0.2) is 22.6 Å². The number of piperidine rings is 1. The minimum Gasteiger partial charge on any atom is -0.461 e. The van der Waals surface area contributed by atoms with E-state index in [1.165, 1.54) is 10.7 Å². The zero-order valence-corrected chi connectivity index (χ0v) is 16.5. The topological polar surface area (TPSA) is 70.8 Å². The van der Waals surface area contributed by atoms with E-state index in [-0.39, 0.29) is 17.7 Å². The molecular formula is C19H28N2O4S. The predicted octanol–water partition coefficient (Wildman–Crippen LogP) is 2.69. The number of hydrogen-bond donors (Lipinski definition) is 0. The number of carbonyl (C=O) groups is 1. The van der Waals surface area contributed by atoms with Crippen LogP contribution in [-0.4, -0.2) is 55.5 Å². The molecular weight excluding hydrogens is 352 g/mol. The van der Waals surface area contributed by atoms with E-state index in [4.69, 9.17) is 4.42 Å². The molecule has 1 aromatic rings. The van der Waals surface area contributed by atoms with Gasteiger partial charge in [-0.15, -0.1) is 0 Å². The number of rotatable bonds is 6. The Labute approximate surface area is 155 Å². The van der Waals surface area contributed by atoms with E-state index in [9.17, 15) is 13.2 Å². The molecule has 0 radical (unpaired) electrons. The number of hydrogen-bond acceptors (Lipinski definition) is 4. The number of carbonyl (C=O) groups excluding carboxylic acids is 1. The molecule has 2 unspecified atom stereocenters. The number of sulfonamides is 1. The molecule has 3 rings (SSSR count). The molecule has 7 heteroatoms. The standard InChI is InChI=1S/C19H28N2O4S/c1-4-26(23,24)20(3)15-9-11-21(12-10-15)19(22)8-6-16-5-7-18(25-16)17-13-14(17)2/h5-8,14-15,17H,4,9-13H2,1-3H3/b8-6+. The van der Waals surface area contributed by atoms with Gasteiger partial charge in [-0.25, -0.2) is 12.7 Å². The highest BCUT2D eigenvalue weighted by Crippen LogP contribution is 2.47. The van der Waals surface area contributed by atoms with Crippen molar-refractivity contribution < 1.29 is 17.6 Å². The Morgan fingerprint density at radius 3 is 2.58 bits per heavy atom. The Bertz CT molecular complexity index is 775. The van der Waals surface area contributed by atoms with Gasteiger partial charge in [0, 0.05) is 38.2 Å². The van der Waals surface area contributed by atoms with Crippen LogP contribution >= 0.6 is 0 Å². The Morgan fingerprint density at radius 2 is 2.00 bits per heavy atom. The van der Waals surface area contributed by atoms with E-state index in [0.717, 1.165) is 5.76 Å². The van der Waals surface area contributed by atoms with E-state index in [1.54, 1.807) is 31.0 Å². The van der Waals surface area contributed by atoms with Crippen LogP contribution in [0.2, 0.25) is 0 Å². The highest BCUT2D eigenvalue weighted by molar-refractivity contribution is 7.89. The first-order valence-corrected chi connectivity index (χ1v) is 10.9. The number of likely N-dealkylation sites (tertiary alicyclic amines) is 1. The van der Waals surface area contributed by atoms with E-state index in [0.29, 0.717) is 43.5 Å². The van der Waals surface area contributed by atoms with Gasteiger partial charge in [-0.1, -0.05) is 6.92 Å². The van der Waals surface area contributed by atoms with Crippen LogP contribution in [0.4, 0.5) is 0 Å². The van der Waals surface area contributed by atoms with Gasteiger partial charge in [-0.3, -0.25) is 4.79 Å². The molecule has 2 aliphatic rings. The van der Waals surface area contributed by atoms with E-state index in [1.807, 2.05) is 12.1 Å². The Kier molecular flexibility index (Phi) is 5.58. The second-order valence-electron chi connectivity index (χ2n) is 7.37. The molecule has 1 aliphatic heterocycles. The minimum absolute atomic E-state index is 0.0267. The lowest BCUT2D eigenvalue weighted by Crippen LogP contribution is -2.47. The fraction of sp³-hybridized carbons (Fsp3) is 0.632. The average Bonchev–Trinajstić information content (AvgIpc) is 3.19. The van der Waals surface area contributed by atoms with Crippen molar-refractivity contribution >= 4 is 22.0 Å². The summed E-state index contributed by atoms with van der Waals surface area (Å²) >= 11 is 0. The van der Waals surface area contributed by atoms with E-state index in [2.05, 4.69) is 6.92 Å². The maximum Gasteiger partial charge on any atom is 0.246 e. The van der Waals surface area contributed by atoms with Gasteiger partial charge in [0.05, 0.1) is 5.75 Å². The molecule has 2 atom stereocenters. The predicted molar refractivity (Wildman–Crippen MR) is 101 cm³/mol. The SMILES string of the molecule is CCS(=O)(=O)N(C)C1CCN(C(=O)/C=C/c2ccc(C3CC3C)o2)CC1. The van der Waals surface area contributed by atoms with Gasteiger partial charge in [0.1, 0.15) is 11.5 Å². The number of amides is 1. The van der Waals surface area contributed by atoms with Crippen molar-refractivity contribution in [2.45, 2.75) is 45.1 Å². The first-order chi connectivity index (χ1) is 12.3. The monoisotopic (exact) mass is 380 g/mol. The summed E-state index contributed by atoms with van der Waals surface area (Å²) in [6.07, 6.45) is 5.77. The van der Waals surface area contributed by atoms with E-state index >= 15 is 0 Å². The van der Waals surface area contributed by atoms with Gasteiger partial charge in [0.25, 0.3) is 0 Å². The van der Waals surface area contributed by atoms with Gasteiger partial charge < -0.3 is 9.32 Å². The molecule has 1 aromatic heterocycles. The fourth-order valence-electron chi connectivity index (χ4n) is 3.52.